The number of benzene rings is 1. The molecule has 1 N–H and O–H groups in total. The van der Waals surface area contributed by atoms with Gasteiger partial charge in [0.15, 0.2) is 11.6 Å². The molecular formula is C12H17FO. The predicted octanol–water partition coefficient (Wildman–Crippen LogP) is 3.74. The Bertz CT molecular complexity index is 320. The number of halogens is 1. The lowest BCUT2D eigenvalue weighted by atomic mass is 9.92. The number of phenolic OH excluding ortho intramolecular Hbond substituents is 1. The number of aryl methyl sites for hydroxylation is 1. The molecular weight excluding hydrogens is 179 g/mol. The molecule has 0 aliphatic carbocycles. The lowest BCUT2D eigenvalue weighted by Crippen LogP contribution is -1.98. The number of hydrogen-bond acceptors (Lipinski definition) is 1. The maximum atomic E-state index is 13.1. The van der Waals surface area contributed by atoms with Crippen molar-refractivity contribution in [3.63, 3.8) is 0 Å². The fraction of sp³-hybridized carbons (Fsp3) is 0.500. The van der Waals surface area contributed by atoms with Crippen LogP contribution in [-0.4, -0.2) is 5.11 Å². The Balaban J connectivity index is 3.11. The first-order valence-corrected chi connectivity index (χ1v) is 5.05. The Morgan fingerprint density at radius 2 is 2.07 bits per heavy atom. The normalized spacial score (nSPS) is 12.9. The third kappa shape index (κ3) is 2.06. The van der Waals surface area contributed by atoms with Crippen molar-refractivity contribution in [1.82, 2.24) is 0 Å². The summed E-state index contributed by atoms with van der Waals surface area (Å²) in [6.07, 6.45) is 2.01. The van der Waals surface area contributed by atoms with Crippen LogP contribution in [0, 0.1) is 12.7 Å². The number of rotatable bonds is 3. The van der Waals surface area contributed by atoms with E-state index in [2.05, 4.69) is 6.92 Å². The van der Waals surface area contributed by atoms with Crippen LogP contribution < -0.4 is 0 Å². The molecule has 0 saturated carbocycles. The maximum absolute atomic E-state index is 13.1. The first kappa shape index (κ1) is 11.0. The molecule has 0 heterocycles. The van der Waals surface area contributed by atoms with Crippen LogP contribution in [0.5, 0.6) is 5.75 Å². The zero-order valence-electron chi connectivity index (χ0n) is 8.97. The van der Waals surface area contributed by atoms with Crippen molar-refractivity contribution in [1.29, 1.82) is 0 Å². The average Bonchev–Trinajstić information content (AvgIpc) is 2.13. The monoisotopic (exact) mass is 196 g/mol. The molecule has 0 aliphatic rings. The van der Waals surface area contributed by atoms with E-state index in [1.165, 1.54) is 6.07 Å². The second-order valence-corrected chi connectivity index (χ2v) is 3.82. The van der Waals surface area contributed by atoms with Gasteiger partial charge in [-0.1, -0.05) is 26.3 Å². The number of hydrogen-bond donors (Lipinski definition) is 1. The summed E-state index contributed by atoms with van der Waals surface area (Å²) in [5, 5.41) is 9.60. The summed E-state index contributed by atoms with van der Waals surface area (Å²) in [5.41, 5.74) is 1.72. The number of aromatic hydroxyl groups is 1. The highest BCUT2D eigenvalue weighted by atomic mass is 19.1. The van der Waals surface area contributed by atoms with E-state index in [1.54, 1.807) is 6.07 Å². The lowest BCUT2D eigenvalue weighted by molar-refractivity contribution is 0.419. The smallest absolute Gasteiger partial charge is 0.165 e. The van der Waals surface area contributed by atoms with Gasteiger partial charge in [-0.2, -0.15) is 0 Å². The molecule has 1 aromatic rings. The third-order valence-electron chi connectivity index (χ3n) is 2.60. The molecule has 0 aromatic heterocycles. The van der Waals surface area contributed by atoms with Gasteiger partial charge >= 0.3 is 0 Å². The lowest BCUT2D eigenvalue weighted by Gasteiger charge is -2.15. The molecule has 1 nitrogen and oxygen atoms in total. The van der Waals surface area contributed by atoms with E-state index in [0.717, 1.165) is 24.0 Å². The van der Waals surface area contributed by atoms with Crippen molar-refractivity contribution in [3.05, 3.63) is 29.1 Å². The largest absolute Gasteiger partial charge is 0.505 e. The van der Waals surface area contributed by atoms with Gasteiger partial charge in [0.25, 0.3) is 0 Å². The highest BCUT2D eigenvalue weighted by molar-refractivity contribution is 5.42. The molecule has 0 amide bonds. The molecule has 0 spiro atoms. The quantitative estimate of drug-likeness (QED) is 0.780. The van der Waals surface area contributed by atoms with E-state index in [-0.39, 0.29) is 11.7 Å². The van der Waals surface area contributed by atoms with Gasteiger partial charge in [-0.15, -0.1) is 0 Å². The van der Waals surface area contributed by atoms with Crippen LogP contribution in [0.15, 0.2) is 12.1 Å². The molecule has 78 valence electrons. The summed E-state index contributed by atoms with van der Waals surface area (Å²) in [4.78, 5) is 0. The Morgan fingerprint density at radius 3 is 2.64 bits per heavy atom. The standard InChI is InChI=1S/C12H17FO/c1-4-5-8(2)11-9(3)6-7-10(13)12(11)14/h6-8,14H,4-5H2,1-3H3. The summed E-state index contributed by atoms with van der Waals surface area (Å²) in [6, 6.07) is 3.03. The van der Waals surface area contributed by atoms with E-state index in [0.29, 0.717) is 0 Å². The summed E-state index contributed by atoms with van der Waals surface area (Å²) < 4.78 is 13.1. The molecule has 0 aliphatic heterocycles. The minimum atomic E-state index is -0.520. The first-order chi connectivity index (χ1) is 6.57. The van der Waals surface area contributed by atoms with Crippen molar-refractivity contribution < 1.29 is 9.50 Å². The van der Waals surface area contributed by atoms with Gasteiger partial charge in [0.05, 0.1) is 0 Å². The molecule has 1 atom stereocenters. The van der Waals surface area contributed by atoms with Gasteiger partial charge in [0.1, 0.15) is 0 Å². The Hall–Kier alpha value is -1.05. The average molecular weight is 196 g/mol. The second-order valence-electron chi connectivity index (χ2n) is 3.82. The minimum absolute atomic E-state index is 0.175. The summed E-state index contributed by atoms with van der Waals surface area (Å²) in [7, 11) is 0. The van der Waals surface area contributed by atoms with E-state index in [1.807, 2.05) is 13.8 Å². The zero-order chi connectivity index (χ0) is 10.7. The Morgan fingerprint density at radius 1 is 1.43 bits per heavy atom. The molecule has 0 saturated heterocycles. The van der Waals surface area contributed by atoms with Crippen molar-refractivity contribution in [2.75, 3.05) is 0 Å². The molecule has 1 rings (SSSR count). The molecule has 14 heavy (non-hydrogen) atoms. The SMILES string of the molecule is CCCC(C)c1c(C)ccc(F)c1O. The van der Waals surface area contributed by atoms with Crippen LogP contribution in [0.2, 0.25) is 0 Å². The van der Waals surface area contributed by atoms with E-state index >= 15 is 0 Å². The van der Waals surface area contributed by atoms with Crippen LogP contribution in [0.4, 0.5) is 4.39 Å². The maximum Gasteiger partial charge on any atom is 0.165 e. The molecule has 2 heteroatoms. The van der Waals surface area contributed by atoms with Gasteiger partial charge < -0.3 is 5.11 Å². The predicted molar refractivity (Wildman–Crippen MR) is 56.1 cm³/mol. The Kier molecular flexibility index (Phi) is 3.50. The molecule has 1 unspecified atom stereocenters. The topological polar surface area (TPSA) is 20.2 Å². The Labute approximate surface area is 84.6 Å². The van der Waals surface area contributed by atoms with Crippen molar-refractivity contribution in [2.24, 2.45) is 0 Å². The van der Waals surface area contributed by atoms with Crippen molar-refractivity contribution in [2.45, 2.75) is 39.5 Å². The van der Waals surface area contributed by atoms with E-state index < -0.39 is 5.82 Å². The van der Waals surface area contributed by atoms with E-state index in [9.17, 15) is 9.50 Å². The van der Waals surface area contributed by atoms with Gasteiger partial charge in [-0.05, 0) is 30.9 Å². The molecule has 1 aromatic carbocycles. The van der Waals surface area contributed by atoms with Gasteiger partial charge in [-0.3, -0.25) is 0 Å². The van der Waals surface area contributed by atoms with Crippen molar-refractivity contribution >= 4 is 0 Å². The third-order valence-corrected chi connectivity index (χ3v) is 2.60. The minimum Gasteiger partial charge on any atom is -0.505 e. The van der Waals surface area contributed by atoms with Crippen LogP contribution >= 0.6 is 0 Å². The summed E-state index contributed by atoms with van der Waals surface area (Å²) in [6.45, 7) is 6.01. The summed E-state index contributed by atoms with van der Waals surface area (Å²) in [5.74, 6) is -0.477. The second kappa shape index (κ2) is 4.45. The number of phenols is 1. The van der Waals surface area contributed by atoms with Crippen LogP contribution in [0.3, 0.4) is 0 Å². The fourth-order valence-corrected chi connectivity index (χ4v) is 1.88. The highest BCUT2D eigenvalue weighted by Crippen LogP contribution is 2.33. The van der Waals surface area contributed by atoms with Crippen LogP contribution in [0.25, 0.3) is 0 Å². The molecule has 0 bridgehead atoms. The highest BCUT2D eigenvalue weighted by Gasteiger charge is 2.15. The van der Waals surface area contributed by atoms with E-state index in [4.69, 9.17) is 0 Å². The van der Waals surface area contributed by atoms with Gasteiger partial charge in [0, 0.05) is 5.56 Å². The summed E-state index contributed by atoms with van der Waals surface area (Å²) >= 11 is 0. The van der Waals surface area contributed by atoms with Gasteiger partial charge in [0.2, 0.25) is 0 Å². The fourth-order valence-electron chi connectivity index (χ4n) is 1.88. The molecule has 0 radical (unpaired) electrons. The van der Waals surface area contributed by atoms with Crippen LogP contribution in [0.1, 0.15) is 43.7 Å². The van der Waals surface area contributed by atoms with Gasteiger partial charge in [-0.25, -0.2) is 4.39 Å². The van der Waals surface area contributed by atoms with Crippen molar-refractivity contribution in [3.8, 4) is 5.75 Å². The first-order valence-electron chi connectivity index (χ1n) is 5.05. The van der Waals surface area contributed by atoms with Crippen LogP contribution in [-0.2, 0) is 0 Å². The zero-order valence-corrected chi connectivity index (χ0v) is 8.97. The molecule has 0 fully saturated rings.